The number of hydrogen-bond acceptors (Lipinski definition) is 4. The van der Waals surface area contributed by atoms with E-state index in [0.29, 0.717) is 40.8 Å². The summed E-state index contributed by atoms with van der Waals surface area (Å²) in [5.74, 6) is 0.445. The molecule has 1 aromatic heterocycles. The Labute approximate surface area is 126 Å². The molecule has 2 saturated heterocycles. The van der Waals surface area contributed by atoms with Crippen molar-refractivity contribution in [3.05, 3.63) is 11.4 Å². The van der Waals surface area contributed by atoms with Crippen LogP contribution in [0.1, 0.15) is 37.1 Å². The molecule has 0 radical (unpaired) electrons. The summed E-state index contributed by atoms with van der Waals surface area (Å²) in [6.45, 7) is 3.99. The van der Waals surface area contributed by atoms with Crippen LogP contribution in [0.25, 0.3) is 0 Å². The molecule has 2 fully saturated rings. The van der Waals surface area contributed by atoms with Crippen molar-refractivity contribution < 1.29 is 8.42 Å². The second-order valence-corrected chi connectivity index (χ2v) is 8.21. The Morgan fingerprint density at radius 3 is 2.43 bits per heavy atom. The van der Waals surface area contributed by atoms with Crippen molar-refractivity contribution in [1.29, 1.82) is 0 Å². The highest BCUT2D eigenvalue weighted by atomic mass is 32.2. The second kappa shape index (κ2) is 5.37. The van der Waals surface area contributed by atoms with Crippen LogP contribution in [0.15, 0.2) is 4.90 Å². The lowest BCUT2D eigenvalue weighted by molar-refractivity contribution is 0.135. The van der Waals surface area contributed by atoms with Gasteiger partial charge in [-0.1, -0.05) is 0 Å². The molecule has 0 spiro atoms. The maximum Gasteiger partial charge on any atom is 0.244 e. The lowest BCUT2D eigenvalue weighted by Gasteiger charge is -2.36. The Bertz CT molecular complexity index is 591. The van der Waals surface area contributed by atoms with Crippen LogP contribution in [-0.4, -0.2) is 49.2 Å². The third-order valence-electron chi connectivity index (χ3n) is 5.09. The summed E-state index contributed by atoms with van der Waals surface area (Å²) < 4.78 is 27.7. The molecule has 2 atom stereocenters. The number of fused-ring (bicyclic) bond motifs is 2. The Kier molecular flexibility index (Phi) is 3.83. The molecule has 0 aliphatic carbocycles. The summed E-state index contributed by atoms with van der Waals surface area (Å²) >= 11 is 0. The van der Waals surface area contributed by atoms with E-state index in [9.17, 15) is 8.42 Å². The van der Waals surface area contributed by atoms with Gasteiger partial charge in [0.25, 0.3) is 0 Å². The molecule has 118 valence electrons. The highest BCUT2D eigenvalue weighted by molar-refractivity contribution is 7.89. The molecule has 3 heterocycles. The maximum atomic E-state index is 12.4. The van der Waals surface area contributed by atoms with Gasteiger partial charge in [0, 0.05) is 18.6 Å². The summed E-state index contributed by atoms with van der Waals surface area (Å²) in [5.41, 5.74) is 1.13. The molecule has 2 bridgehead atoms. The van der Waals surface area contributed by atoms with Gasteiger partial charge in [-0.25, -0.2) is 13.1 Å². The minimum atomic E-state index is -3.46. The maximum absolute atomic E-state index is 12.4. The number of sulfonamides is 1. The minimum Gasteiger partial charge on any atom is -0.300 e. The molecule has 2 N–H and O–H groups in total. The van der Waals surface area contributed by atoms with Gasteiger partial charge in [0.1, 0.15) is 4.90 Å². The highest BCUT2D eigenvalue weighted by Gasteiger charge is 2.38. The zero-order valence-corrected chi connectivity index (χ0v) is 13.7. The fraction of sp³-hybridized carbons (Fsp3) is 0.786. The molecule has 0 saturated carbocycles. The SMILES string of the molecule is Cc1n[nH]c(C)c1S(=O)(=O)NCC1CC2CCC(C1)N2C. The van der Waals surface area contributed by atoms with E-state index in [4.69, 9.17) is 0 Å². The predicted molar refractivity (Wildman–Crippen MR) is 80.5 cm³/mol. The van der Waals surface area contributed by atoms with Crippen molar-refractivity contribution in [2.24, 2.45) is 5.92 Å². The molecule has 2 aliphatic rings. The third-order valence-corrected chi connectivity index (χ3v) is 6.77. The summed E-state index contributed by atoms with van der Waals surface area (Å²) in [6, 6.07) is 1.27. The Morgan fingerprint density at radius 2 is 1.90 bits per heavy atom. The molecule has 0 amide bonds. The van der Waals surface area contributed by atoms with E-state index < -0.39 is 10.0 Å². The fourth-order valence-corrected chi connectivity index (χ4v) is 5.41. The van der Waals surface area contributed by atoms with Gasteiger partial charge in [-0.2, -0.15) is 5.10 Å². The average molecular weight is 312 g/mol. The average Bonchev–Trinajstić information content (AvgIpc) is 2.85. The van der Waals surface area contributed by atoms with Crippen LogP contribution >= 0.6 is 0 Å². The van der Waals surface area contributed by atoms with Crippen LogP contribution in [-0.2, 0) is 10.0 Å². The van der Waals surface area contributed by atoms with Crippen molar-refractivity contribution in [2.75, 3.05) is 13.6 Å². The summed E-state index contributed by atoms with van der Waals surface area (Å²) in [5, 5.41) is 6.71. The van der Waals surface area contributed by atoms with Crippen LogP contribution in [0.4, 0.5) is 0 Å². The number of nitrogens with zero attached hydrogens (tertiary/aromatic N) is 2. The van der Waals surface area contributed by atoms with Gasteiger partial charge in [-0.15, -0.1) is 0 Å². The molecular weight excluding hydrogens is 288 g/mol. The predicted octanol–water partition coefficient (Wildman–Crippen LogP) is 1.18. The number of hydrogen-bond donors (Lipinski definition) is 2. The number of H-pyrrole nitrogens is 1. The number of piperidine rings is 1. The number of aryl methyl sites for hydroxylation is 2. The van der Waals surface area contributed by atoms with Crippen LogP contribution in [0.5, 0.6) is 0 Å². The Balaban J connectivity index is 1.66. The number of nitrogens with one attached hydrogen (secondary N) is 2. The van der Waals surface area contributed by atoms with Crippen LogP contribution < -0.4 is 4.72 Å². The van der Waals surface area contributed by atoms with Crippen LogP contribution in [0.2, 0.25) is 0 Å². The van der Waals surface area contributed by atoms with E-state index in [0.717, 1.165) is 12.8 Å². The van der Waals surface area contributed by atoms with E-state index >= 15 is 0 Å². The summed E-state index contributed by atoms with van der Waals surface area (Å²) in [7, 11) is -1.27. The van der Waals surface area contributed by atoms with Gasteiger partial charge in [0.15, 0.2) is 0 Å². The van der Waals surface area contributed by atoms with Gasteiger partial charge in [0.2, 0.25) is 10.0 Å². The van der Waals surface area contributed by atoms with Crippen molar-refractivity contribution >= 4 is 10.0 Å². The Morgan fingerprint density at radius 1 is 1.29 bits per heavy atom. The number of rotatable bonds is 4. The first-order valence-electron chi connectivity index (χ1n) is 7.61. The normalized spacial score (nSPS) is 30.0. The van der Waals surface area contributed by atoms with E-state index in [2.05, 4.69) is 26.9 Å². The van der Waals surface area contributed by atoms with Gasteiger partial charge in [-0.05, 0) is 52.5 Å². The standard InChI is InChI=1S/C14H24N4O2S/c1-9-14(10(2)17-16-9)21(19,20)15-8-11-6-12-4-5-13(7-11)18(12)3/h11-13,15H,4-8H2,1-3H3,(H,16,17). The molecule has 2 aliphatic heterocycles. The molecule has 7 heteroatoms. The van der Waals surface area contributed by atoms with E-state index in [1.165, 1.54) is 12.8 Å². The first-order valence-corrected chi connectivity index (χ1v) is 9.10. The summed E-state index contributed by atoms with van der Waals surface area (Å²) in [6.07, 6.45) is 4.70. The second-order valence-electron chi connectivity index (χ2n) is 6.50. The Hall–Kier alpha value is -0.920. The van der Waals surface area contributed by atoms with E-state index in [1.807, 2.05) is 0 Å². The largest absolute Gasteiger partial charge is 0.300 e. The molecule has 1 aromatic rings. The van der Waals surface area contributed by atoms with Crippen molar-refractivity contribution in [3.8, 4) is 0 Å². The molecule has 2 unspecified atom stereocenters. The lowest BCUT2D eigenvalue weighted by Crippen LogP contribution is -2.43. The zero-order valence-electron chi connectivity index (χ0n) is 12.9. The molecule has 21 heavy (non-hydrogen) atoms. The van der Waals surface area contributed by atoms with E-state index in [1.54, 1.807) is 13.8 Å². The first-order chi connectivity index (χ1) is 9.88. The zero-order chi connectivity index (χ0) is 15.2. The van der Waals surface area contributed by atoms with Gasteiger partial charge in [-0.3, -0.25) is 5.10 Å². The van der Waals surface area contributed by atoms with Gasteiger partial charge >= 0.3 is 0 Å². The topological polar surface area (TPSA) is 78.1 Å². The molecular formula is C14H24N4O2S. The number of aromatic nitrogens is 2. The minimum absolute atomic E-state index is 0.304. The van der Waals surface area contributed by atoms with Crippen LogP contribution in [0.3, 0.4) is 0 Å². The quantitative estimate of drug-likeness (QED) is 0.875. The summed E-state index contributed by atoms with van der Waals surface area (Å²) in [4.78, 5) is 2.77. The lowest BCUT2D eigenvalue weighted by atomic mass is 9.91. The monoisotopic (exact) mass is 312 g/mol. The smallest absolute Gasteiger partial charge is 0.244 e. The van der Waals surface area contributed by atoms with Gasteiger partial charge in [0.05, 0.1) is 11.4 Å². The highest BCUT2D eigenvalue weighted by Crippen LogP contribution is 2.37. The molecule has 6 nitrogen and oxygen atoms in total. The third kappa shape index (κ3) is 2.74. The fourth-order valence-electron chi connectivity index (χ4n) is 3.93. The van der Waals surface area contributed by atoms with Gasteiger partial charge < -0.3 is 4.90 Å². The molecule has 3 rings (SSSR count). The van der Waals surface area contributed by atoms with Crippen molar-refractivity contribution in [2.45, 2.75) is 56.5 Å². The van der Waals surface area contributed by atoms with Crippen molar-refractivity contribution in [1.82, 2.24) is 19.8 Å². The molecule has 0 aromatic carbocycles. The van der Waals surface area contributed by atoms with Crippen LogP contribution in [0, 0.1) is 19.8 Å². The first kappa shape index (κ1) is 15.0. The van der Waals surface area contributed by atoms with Crippen molar-refractivity contribution in [3.63, 3.8) is 0 Å². The number of aromatic amines is 1. The van der Waals surface area contributed by atoms with E-state index in [-0.39, 0.29) is 0 Å².